The molecule has 1 N–H and O–H groups in total. The van der Waals surface area contributed by atoms with E-state index in [0.29, 0.717) is 5.11 Å². The zero-order valence-electron chi connectivity index (χ0n) is 10.5. The van der Waals surface area contributed by atoms with Crippen molar-refractivity contribution in [2.75, 3.05) is 5.32 Å². The van der Waals surface area contributed by atoms with Gasteiger partial charge < -0.3 is 5.32 Å². The van der Waals surface area contributed by atoms with Crippen LogP contribution in [0.3, 0.4) is 0 Å². The summed E-state index contributed by atoms with van der Waals surface area (Å²) in [5.74, 6) is 0.884. The summed E-state index contributed by atoms with van der Waals surface area (Å²) in [6.45, 7) is 1.96. The minimum atomic E-state index is 0.636. The third-order valence-electron chi connectivity index (χ3n) is 2.96. The van der Waals surface area contributed by atoms with E-state index in [1.54, 1.807) is 0 Å². The van der Waals surface area contributed by atoms with Crippen molar-refractivity contribution >= 4 is 34.1 Å². The van der Waals surface area contributed by atoms with Crippen LogP contribution in [0.25, 0.3) is 11.0 Å². The van der Waals surface area contributed by atoms with Gasteiger partial charge in [0.2, 0.25) is 0 Å². The van der Waals surface area contributed by atoms with E-state index < -0.39 is 0 Å². The van der Waals surface area contributed by atoms with Crippen molar-refractivity contribution in [1.29, 1.82) is 0 Å². The van der Waals surface area contributed by atoms with Crippen molar-refractivity contribution in [1.82, 2.24) is 9.55 Å². The molecule has 2 aromatic carbocycles. The predicted octanol–water partition coefficient (Wildman–Crippen LogP) is 3.59. The zero-order valence-corrected chi connectivity index (χ0v) is 11.3. The molecule has 3 nitrogen and oxygen atoms in total. The van der Waals surface area contributed by atoms with Crippen LogP contribution in [0.1, 0.15) is 5.82 Å². The van der Waals surface area contributed by atoms with Crippen molar-refractivity contribution in [2.45, 2.75) is 6.92 Å². The zero-order chi connectivity index (χ0) is 13.2. The second kappa shape index (κ2) is 4.82. The van der Waals surface area contributed by atoms with E-state index in [4.69, 9.17) is 12.2 Å². The first-order valence-electron chi connectivity index (χ1n) is 6.06. The molecule has 4 heteroatoms. The Morgan fingerprint density at radius 2 is 1.74 bits per heavy atom. The third kappa shape index (κ3) is 2.22. The molecule has 0 amide bonds. The first kappa shape index (κ1) is 11.9. The van der Waals surface area contributed by atoms with Crippen LogP contribution in [-0.2, 0) is 0 Å². The van der Waals surface area contributed by atoms with Crippen molar-refractivity contribution < 1.29 is 0 Å². The fourth-order valence-corrected chi connectivity index (χ4v) is 2.45. The molecule has 0 spiro atoms. The van der Waals surface area contributed by atoms with Gasteiger partial charge in [-0.3, -0.25) is 4.57 Å². The summed E-state index contributed by atoms with van der Waals surface area (Å²) in [5.41, 5.74) is 2.95. The van der Waals surface area contributed by atoms with E-state index in [-0.39, 0.29) is 0 Å². The molecule has 0 saturated heterocycles. The van der Waals surface area contributed by atoms with Crippen LogP contribution >= 0.6 is 12.2 Å². The number of hydrogen-bond acceptors (Lipinski definition) is 2. The monoisotopic (exact) mass is 267 g/mol. The Morgan fingerprint density at radius 3 is 2.53 bits per heavy atom. The lowest BCUT2D eigenvalue weighted by atomic mass is 10.3. The molecule has 94 valence electrons. The number of imidazole rings is 1. The van der Waals surface area contributed by atoms with Crippen LogP contribution in [0.2, 0.25) is 0 Å². The highest BCUT2D eigenvalue weighted by Gasteiger charge is 2.10. The van der Waals surface area contributed by atoms with Gasteiger partial charge in [0.1, 0.15) is 5.82 Å². The van der Waals surface area contributed by atoms with Crippen LogP contribution in [0.5, 0.6) is 0 Å². The number of benzene rings is 2. The smallest absolute Gasteiger partial charge is 0.183 e. The van der Waals surface area contributed by atoms with E-state index in [0.717, 1.165) is 22.5 Å². The summed E-state index contributed by atoms with van der Waals surface area (Å²) in [4.78, 5) is 4.51. The van der Waals surface area contributed by atoms with E-state index in [9.17, 15) is 0 Å². The summed E-state index contributed by atoms with van der Waals surface area (Å²) < 4.78 is 1.96. The molecule has 0 unspecified atom stereocenters. The Morgan fingerprint density at radius 1 is 1.05 bits per heavy atom. The highest BCUT2D eigenvalue weighted by Crippen LogP contribution is 2.16. The Labute approximate surface area is 116 Å². The molecule has 0 radical (unpaired) electrons. The Kier molecular flexibility index (Phi) is 3.01. The lowest BCUT2D eigenvalue weighted by Gasteiger charge is -2.11. The van der Waals surface area contributed by atoms with Gasteiger partial charge in [-0.25, -0.2) is 4.98 Å². The van der Waals surface area contributed by atoms with Crippen LogP contribution in [-0.4, -0.2) is 14.7 Å². The first-order valence-corrected chi connectivity index (χ1v) is 6.47. The Balaban J connectivity index is 2.00. The average molecular weight is 267 g/mol. The molecule has 0 atom stereocenters. The van der Waals surface area contributed by atoms with E-state index in [1.165, 1.54) is 0 Å². The topological polar surface area (TPSA) is 29.9 Å². The summed E-state index contributed by atoms with van der Waals surface area (Å²) in [7, 11) is 0. The molecule has 3 aromatic rings. The van der Waals surface area contributed by atoms with Crippen molar-refractivity contribution in [3.63, 3.8) is 0 Å². The number of nitrogens with one attached hydrogen (secondary N) is 1. The normalized spacial score (nSPS) is 10.6. The first-order chi connectivity index (χ1) is 9.25. The van der Waals surface area contributed by atoms with Gasteiger partial charge in [0, 0.05) is 5.69 Å². The van der Waals surface area contributed by atoms with Crippen molar-refractivity contribution in [2.24, 2.45) is 0 Å². The van der Waals surface area contributed by atoms with Crippen molar-refractivity contribution in [3.05, 3.63) is 60.4 Å². The average Bonchev–Trinajstić information content (AvgIpc) is 2.75. The second-order valence-electron chi connectivity index (χ2n) is 4.28. The minimum Gasteiger partial charge on any atom is -0.332 e. The van der Waals surface area contributed by atoms with Crippen LogP contribution in [0, 0.1) is 6.92 Å². The fourth-order valence-electron chi connectivity index (χ4n) is 2.10. The third-order valence-corrected chi connectivity index (χ3v) is 3.24. The van der Waals surface area contributed by atoms with Crippen molar-refractivity contribution in [3.8, 4) is 0 Å². The maximum atomic E-state index is 5.48. The number of anilines is 1. The molecule has 1 heterocycles. The van der Waals surface area contributed by atoms with Gasteiger partial charge in [0.05, 0.1) is 11.0 Å². The van der Waals surface area contributed by atoms with Gasteiger partial charge >= 0.3 is 0 Å². The number of aryl methyl sites for hydroxylation is 1. The summed E-state index contributed by atoms with van der Waals surface area (Å²) in [6, 6.07) is 17.9. The number of nitrogens with zero attached hydrogens (tertiary/aromatic N) is 2. The molecule has 1 aromatic heterocycles. The molecule has 0 aliphatic rings. The second-order valence-corrected chi connectivity index (χ2v) is 4.67. The number of thiocarbonyl (C=S) groups is 1. The Bertz CT molecular complexity index is 731. The number of hydrogen-bond donors (Lipinski definition) is 1. The van der Waals surface area contributed by atoms with Gasteiger partial charge in [-0.05, 0) is 43.4 Å². The quantitative estimate of drug-likeness (QED) is 0.683. The van der Waals surface area contributed by atoms with Gasteiger partial charge in [-0.1, -0.05) is 30.3 Å². The van der Waals surface area contributed by atoms with E-state index in [1.807, 2.05) is 66.1 Å². The Hall–Kier alpha value is -2.20. The van der Waals surface area contributed by atoms with E-state index in [2.05, 4.69) is 10.3 Å². The molecule has 0 aliphatic heterocycles. The predicted molar refractivity (Wildman–Crippen MR) is 82.5 cm³/mol. The molecule has 0 aliphatic carbocycles. The molecular formula is C15H13N3S. The summed E-state index contributed by atoms with van der Waals surface area (Å²) >= 11 is 5.48. The fraction of sp³-hybridized carbons (Fsp3) is 0.0667. The number of para-hydroxylation sites is 3. The maximum Gasteiger partial charge on any atom is 0.183 e. The number of fused-ring (bicyclic) bond motifs is 1. The van der Waals surface area contributed by atoms with Gasteiger partial charge in [0.25, 0.3) is 0 Å². The van der Waals surface area contributed by atoms with Gasteiger partial charge in [-0.2, -0.15) is 0 Å². The standard InChI is InChI=1S/C15H13N3S/c1-11-16-13-9-5-6-10-14(13)18(11)15(19)17-12-7-3-2-4-8-12/h2-10H,1H3,(H,17,19). The molecule has 0 fully saturated rings. The maximum absolute atomic E-state index is 5.48. The molecule has 3 rings (SSSR count). The number of rotatable bonds is 1. The molecule has 0 saturated carbocycles. The molecular weight excluding hydrogens is 254 g/mol. The van der Waals surface area contributed by atoms with Crippen LogP contribution in [0.4, 0.5) is 5.69 Å². The van der Waals surface area contributed by atoms with E-state index >= 15 is 0 Å². The minimum absolute atomic E-state index is 0.636. The van der Waals surface area contributed by atoms with Gasteiger partial charge in [0.15, 0.2) is 5.11 Å². The lowest BCUT2D eigenvalue weighted by Crippen LogP contribution is -2.20. The number of aromatic nitrogens is 2. The highest BCUT2D eigenvalue weighted by atomic mass is 32.1. The van der Waals surface area contributed by atoms with Gasteiger partial charge in [-0.15, -0.1) is 0 Å². The van der Waals surface area contributed by atoms with Crippen LogP contribution in [0.15, 0.2) is 54.6 Å². The van der Waals surface area contributed by atoms with Crippen LogP contribution < -0.4 is 5.32 Å². The lowest BCUT2D eigenvalue weighted by molar-refractivity contribution is 1.06. The largest absolute Gasteiger partial charge is 0.332 e. The SMILES string of the molecule is Cc1nc2ccccc2n1C(=S)Nc1ccccc1. The summed E-state index contributed by atoms with van der Waals surface area (Å²) in [6.07, 6.45) is 0. The highest BCUT2D eigenvalue weighted by molar-refractivity contribution is 7.80. The molecule has 0 bridgehead atoms. The summed E-state index contributed by atoms with van der Waals surface area (Å²) in [5, 5.41) is 3.87. The molecule has 19 heavy (non-hydrogen) atoms.